The van der Waals surface area contributed by atoms with Crippen molar-refractivity contribution >= 4 is 17.2 Å². The maximum Gasteiger partial charge on any atom is 0.271 e. The molecule has 1 aliphatic heterocycles. The molecule has 0 radical (unpaired) electrons. The SMILES string of the molecule is Cc1nc(C(=O)NC2(C)CCNCC2)cs1. The molecule has 1 fully saturated rings. The molecule has 2 heterocycles. The van der Waals surface area contributed by atoms with E-state index in [-0.39, 0.29) is 11.4 Å². The zero-order valence-electron chi connectivity index (χ0n) is 9.67. The Morgan fingerprint density at radius 3 is 2.81 bits per heavy atom. The number of piperidine rings is 1. The Bertz CT molecular complexity index is 382. The van der Waals surface area contributed by atoms with Crippen LogP contribution in [0.15, 0.2) is 5.38 Å². The fourth-order valence-electron chi connectivity index (χ4n) is 1.91. The number of thiazole rings is 1. The summed E-state index contributed by atoms with van der Waals surface area (Å²) >= 11 is 1.51. The summed E-state index contributed by atoms with van der Waals surface area (Å²) in [5.41, 5.74) is 0.460. The van der Waals surface area contributed by atoms with Crippen LogP contribution in [0.4, 0.5) is 0 Å². The molecule has 0 unspecified atom stereocenters. The van der Waals surface area contributed by atoms with Gasteiger partial charge in [-0.3, -0.25) is 4.79 Å². The lowest BCUT2D eigenvalue weighted by Crippen LogP contribution is -2.52. The van der Waals surface area contributed by atoms with Crippen molar-refractivity contribution in [1.29, 1.82) is 0 Å². The molecule has 0 bridgehead atoms. The quantitative estimate of drug-likeness (QED) is 0.818. The van der Waals surface area contributed by atoms with E-state index in [0.717, 1.165) is 30.9 Å². The van der Waals surface area contributed by atoms with Gasteiger partial charge in [0, 0.05) is 10.9 Å². The second-order valence-electron chi connectivity index (χ2n) is 4.52. The Hall–Kier alpha value is -0.940. The number of nitrogens with zero attached hydrogens (tertiary/aromatic N) is 1. The summed E-state index contributed by atoms with van der Waals surface area (Å²) in [6.07, 6.45) is 1.95. The molecule has 1 aromatic rings. The van der Waals surface area contributed by atoms with E-state index in [9.17, 15) is 4.79 Å². The van der Waals surface area contributed by atoms with Gasteiger partial charge in [-0.2, -0.15) is 0 Å². The van der Waals surface area contributed by atoms with Gasteiger partial charge < -0.3 is 10.6 Å². The molecule has 0 aromatic carbocycles. The van der Waals surface area contributed by atoms with Gasteiger partial charge in [-0.25, -0.2) is 4.98 Å². The van der Waals surface area contributed by atoms with Crippen LogP contribution in [0, 0.1) is 6.92 Å². The molecular weight excluding hydrogens is 222 g/mol. The minimum absolute atomic E-state index is 0.0475. The van der Waals surface area contributed by atoms with Crippen LogP contribution in [-0.2, 0) is 0 Å². The summed E-state index contributed by atoms with van der Waals surface area (Å²) in [7, 11) is 0. The van der Waals surface area contributed by atoms with Crippen molar-refractivity contribution in [3.8, 4) is 0 Å². The van der Waals surface area contributed by atoms with E-state index in [4.69, 9.17) is 0 Å². The molecule has 0 aliphatic carbocycles. The van der Waals surface area contributed by atoms with Crippen LogP contribution in [0.1, 0.15) is 35.3 Å². The van der Waals surface area contributed by atoms with Crippen molar-refractivity contribution < 1.29 is 4.79 Å². The Kier molecular flexibility index (Phi) is 3.25. The number of hydrogen-bond acceptors (Lipinski definition) is 4. The van der Waals surface area contributed by atoms with Gasteiger partial charge in [0.2, 0.25) is 0 Å². The summed E-state index contributed by atoms with van der Waals surface area (Å²) in [5.74, 6) is -0.0475. The molecule has 1 aromatic heterocycles. The van der Waals surface area contributed by atoms with Crippen LogP contribution in [0.2, 0.25) is 0 Å². The number of nitrogens with one attached hydrogen (secondary N) is 2. The summed E-state index contributed by atoms with van der Waals surface area (Å²) in [6.45, 7) is 5.94. The highest BCUT2D eigenvalue weighted by atomic mass is 32.1. The van der Waals surface area contributed by atoms with E-state index in [1.54, 1.807) is 0 Å². The standard InChI is InChI=1S/C11H17N3OS/c1-8-13-9(7-16-8)10(15)14-11(2)3-5-12-6-4-11/h7,12H,3-6H2,1-2H3,(H,14,15). The zero-order chi connectivity index (χ0) is 11.6. The lowest BCUT2D eigenvalue weighted by atomic mass is 9.90. The van der Waals surface area contributed by atoms with E-state index < -0.39 is 0 Å². The monoisotopic (exact) mass is 239 g/mol. The topological polar surface area (TPSA) is 54.0 Å². The summed E-state index contributed by atoms with van der Waals surface area (Å²) < 4.78 is 0. The maximum atomic E-state index is 11.9. The number of aromatic nitrogens is 1. The van der Waals surface area contributed by atoms with Gasteiger partial charge in [0.15, 0.2) is 0 Å². The van der Waals surface area contributed by atoms with Crippen molar-refractivity contribution in [3.05, 3.63) is 16.1 Å². The van der Waals surface area contributed by atoms with Crippen LogP contribution in [0.3, 0.4) is 0 Å². The minimum Gasteiger partial charge on any atom is -0.345 e. The van der Waals surface area contributed by atoms with E-state index in [1.807, 2.05) is 12.3 Å². The Morgan fingerprint density at radius 2 is 2.25 bits per heavy atom. The third-order valence-corrected chi connectivity index (χ3v) is 3.75. The Balaban J connectivity index is 2.01. The first-order chi connectivity index (χ1) is 7.59. The molecule has 0 atom stereocenters. The summed E-state index contributed by atoms with van der Waals surface area (Å²) in [4.78, 5) is 16.1. The van der Waals surface area contributed by atoms with Crippen LogP contribution in [-0.4, -0.2) is 29.5 Å². The smallest absolute Gasteiger partial charge is 0.271 e. The molecule has 1 amide bonds. The molecule has 2 N–H and O–H groups in total. The highest BCUT2D eigenvalue weighted by molar-refractivity contribution is 7.09. The second-order valence-corrected chi connectivity index (χ2v) is 5.58. The van der Waals surface area contributed by atoms with E-state index in [2.05, 4.69) is 22.5 Å². The number of rotatable bonds is 2. The minimum atomic E-state index is -0.0835. The molecule has 0 saturated carbocycles. The lowest BCUT2D eigenvalue weighted by Gasteiger charge is -2.34. The van der Waals surface area contributed by atoms with Gasteiger partial charge in [-0.15, -0.1) is 11.3 Å². The number of amides is 1. The maximum absolute atomic E-state index is 11.9. The number of hydrogen-bond donors (Lipinski definition) is 2. The number of carbonyl (C=O) groups is 1. The van der Waals surface area contributed by atoms with E-state index >= 15 is 0 Å². The van der Waals surface area contributed by atoms with Gasteiger partial charge >= 0.3 is 0 Å². The van der Waals surface area contributed by atoms with Gasteiger partial charge in [-0.05, 0) is 39.8 Å². The van der Waals surface area contributed by atoms with Crippen molar-refractivity contribution in [2.24, 2.45) is 0 Å². The van der Waals surface area contributed by atoms with Crippen molar-refractivity contribution in [2.75, 3.05) is 13.1 Å². The first kappa shape index (κ1) is 11.5. The van der Waals surface area contributed by atoms with Crippen molar-refractivity contribution in [2.45, 2.75) is 32.2 Å². The van der Waals surface area contributed by atoms with Gasteiger partial charge in [-0.1, -0.05) is 0 Å². The first-order valence-electron chi connectivity index (χ1n) is 5.54. The molecule has 1 aliphatic rings. The number of aryl methyl sites for hydroxylation is 1. The molecule has 16 heavy (non-hydrogen) atoms. The van der Waals surface area contributed by atoms with Crippen molar-refractivity contribution in [1.82, 2.24) is 15.6 Å². The third-order valence-electron chi connectivity index (χ3n) is 2.97. The highest BCUT2D eigenvalue weighted by Gasteiger charge is 2.29. The van der Waals surface area contributed by atoms with Gasteiger partial charge in [0.1, 0.15) is 5.69 Å². The normalized spacial score (nSPS) is 19.4. The predicted molar refractivity (Wildman–Crippen MR) is 64.8 cm³/mol. The van der Waals surface area contributed by atoms with Crippen molar-refractivity contribution in [3.63, 3.8) is 0 Å². The molecular formula is C11H17N3OS. The van der Waals surface area contributed by atoms with E-state index in [0.29, 0.717) is 5.69 Å². The predicted octanol–water partition coefficient (Wildman–Crippen LogP) is 1.32. The second kappa shape index (κ2) is 4.51. The average Bonchev–Trinajstić information content (AvgIpc) is 2.65. The Morgan fingerprint density at radius 1 is 1.56 bits per heavy atom. The molecule has 88 valence electrons. The molecule has 4 nitrogen and oxygen atoms in total. The van der Waals surface area contributed by atoms with Gasteiger partial charge in [0.25, 0.3) is 5.91 Å². The first-order valence-corrected chi connectivity index (χ1v) is 6.42. The zero-order valence-corrected chi connectivity index (χ0v) is 10.5. The van der Waals surface area contributed by atoms with Crippen LogP contribution in [0.25, 0.3) is 0 Å². The van der Waals surface area contributed by atoms with Gasteiger partial charge in [0.05, 0.1) is 5.01 Å². The fourth-order valence-corrected chi connectivity index (χ4v) is 2.50. The summed E-state index contributed by atoms with van der Waals surface area (Å²) in [5, 5.41) is 9.13. The largest absolute Gasteiger partial charge is 0.345 e. The molecule has 5 heteroatoms. The van der Waals surface area contributed by atoms with Crippen LogP contribution >= 0.6 is 11.3 Å². The lowest BCUT2D eigenvalue weighted by molar-refractivity contribution is 0.0883. The highest BCUT2D eigenvalue weighted by Crippen LogP contribution is 2.18. The number of carbonyl (C=O) groups excluding carboxylic acids is 1. The van der Waals surface area contributed by atoms with E-state index in [1.165, 1.54) is 11.3 Å². The fraction of sp³-hybridized carbons (Fsp3) is 0.636. The van der Waals surface area contributed by atoms with Crippen LogP contribution in [0.5, 0.6) is 0 Å². The average molecular weight is 239 g/mol. The molecule has 1 saturated heterocycles. The Labute approximate surface area is 99.5 Å². The third kappa shape index (κ3) is 2.59. The molecule has 2 rings (SSSR count). The summed E-state index contributed by atoms with van der Waals surface area (Å²) in [6, 6.07) is 0. The van der Waals surface area contributed by atoms with Crippen LogP contribution < -0.4 is 10.6 Å². The molecule has 0 spiro atoms.